The van der Waals surface area contributed by atoms with E-state index in [2.05, 4.69) is 4.98 Å². The van der Waals surface area contributed by atoms with Crippen LogP contribution < -0.4 is 0 Å². The number of benzene rings is 2. The molecule has 1 aliphatic heterocycles. The van der Waals surface area contributed by atoms with E-state index >= 15 is 0 Å². The Hall–Kier alpha value is -2.87. The van der Waals surface area contributed by atoms with E-state index in [1.54, 1.807) is 30.6 Å². The van der Waals surface area contributed by atoms with Gasteiger partial charge in [-0.05, 0) is 53.9 Å². The molecule has 6 nitrogen and oxygen atoms in total. The van der Waals surface area contributed by atoms with E-state index in [1.165, 1.54) is 0 Å². The van der Waals surface area contributed by atoms with Crippen LogP contribution in [0.4, 0.5) is 0 Å². The number of pyridine rings is 1. The second kappa shape index (κ2) is 9.09. The number of hydrogen-bond donors (Lipinski definition) is 1. The van der Waals surface area contributed by atoms with Gasteiger partial charge in [-0.2, -0.15) is 0 Å². The number of ether oxygens (including phenoxy) is 2. The van der Waals surface area contributed by atoms with Gasteiger partial charge in [0, 0.05) is 27.9 Å². The average Bonchev–Trinajstić information content (AvgIpc) is 3.07. The molecule has 1 aliphatic rings. The van der Waals surface area contributed by atoms with Crippen LogP contribution in [0, 0.1) is 0 Å². The number of nitrogens with zero attached hydrogens (tertiary/aromatic N) is 1. The Morgan fingerprint density at radius 2 is 1.77 bits per heavy atom. The molecule has 1 N–H and O–H groups in total. The summed E-state index contributed by atoms with van der Waals surface area (Å²) in [5, 5.41) is 9.43. The van der Waals surface area contributed by atoms with Gasteiger partial charge >= 0.3 is 17.1 Å². The number of aromatic nitrogens is 1. The Morgan fingerprint density at radius 3 is 2.42 bits per heavy atom. The molecule has 0 radical (unpaired) electrons. The average molecular weight is 456 g/mol. The molecule has 2 heterocycles. The lowest BCUT2D eigenvalue weighted by molar-refractivity contribution is -0.174. The number of halogens is 1. The van der Waals surface area contributed by atoms with E-state index in [0.29, 0.717) is 16.3 Å². The minimum Gasteiger partial charge on any atom is -0.401 e. The normalized spacial score (nSPS) is 15.9. The molecule has 0 bridgehead atoms. The summed E-state index contributed by atoms with van der Waals surface area (Å²) in [4.78, 5) is 28.2. The lowest BCUT2D eigenvalue weighted by Crippen LogP contribution is -2.41. The highest BCUT2D eigenvalue weighted by molar-refractivity contribution is 8.00. The predicted octanol–water partition coefficient (Wildman–Crippen LogP) is 4.24. The maximum Gasteiger partial charge on any atom is 0.421 e. The number of carbonyl (C=O) groups is 2. The third kappa shape index (κ3) is 4.74. The number of aryl methyl sites for hydroxylation is 1. The van der Waals surface area contributed by atoms with Crippen molar-refractivity contribution in [3.63, 3.8) is 0 Å². The largest absolute Gasteiger partial charge is 0.421 e. The van der Waals surface area contributed by atoms with Gasteiger partial charge in [0.2, 0.25) is 0 Å². The van der Waals surface area contributed by atoms with Crippen LogP contribution in [-0.2, 0) is 25.5 Å². The van der Waals surface area contributed by atoms with Gasteiger partial charge in [0.1, 0.15) is 6.10 Å². The number of aliphatic hydroxyl groups is 1. The smallest absolute Gasteiger partial charge is 0.401 e. The molecule has 0 aliphatic carbocycles. The van der Waals surface area contributed by atoms with E-state index in [4.69, 9.17) is 21.1 Å². The molecule has 1 saturated heterocycles. The van der Waals surface area contributed by atoms with Crippen LogP contribution in [0.5, 0.6) is 0 Å². The molecule has 0 saturated carbocycles. The van der Waals surface area contributed by atoms with E-state index in [-0.39, 0.29) is 6.42 Å². The minimum atomic E-state index is -1.88. The third-order valence-electron chi connectivity index (χ3n) is 4.76. The Kier molecular flexibility index (Phi) is 6.27. The second-order valence-corrected chi connectivity index (χ2v) is 8.56. The summed E-state index contributed by atoms with van der Waals surface area (Å²) in [6, 6.07) is 18.6. The van der Waals surface area contributed by atoms with Crippen LogP contribution in [-0.4, -0.2) is 33.3 Å². The molecule has 4 rings (SSSR count). The molecule has 0 unspecified atom stereocenters. The van der Waals surface area contributed by atoms with Gasteiger partial charge in [-0.25, -0.2) is 9.59 Å². The van der Waals surface area contributed by atoms with Crippen LogP contribution in [0.25, 0.3) is 11.1 Å². The summed E-state index contributed by atoms with van der Waals surface area (Å²) in [5.74, 6) is -2.28. The first-order valence-electron chi connectivity index (χ1n) is 9.54. The fourth-order valence-corrected chi connectivity index (χ4v) is 4.69. The monoisotopic (exact) mass is 455 g/mol. The number of rotatable bonds is 7. The molecular formula is C23H18ClNO5S. The zero-order chi connectivity index (χ0) is 21.8. The van der Waals surface area contributed by atoms with Crippen LogP contribution in [0.1, 0.15) is 12.0 Å². The summed E-state index contributed by atoms with van der Waals surface area (Å²) in [6.45, 7) is 0. The van der Waals surface area contributed by atoms with Crippen LogP contribution in [0.15, 0.2) is 78.0 Å². The highest BCUT2D eigenvalue weighted by Crippen LogP contribution is 2.44. The molecule has 1 aromatic heterocycles. The molecule has 0 spiro atoms. The van der Waals surface area contributed by atoms with Crippen LogP contribution >= 0.6 is 23.4 Å². The Labute approximate surface area is 188 Å². The van der Waals surface area contributed by atoms with E-state index in [9.17, 15) is 14.7 Å². The first-order valence-corrected chi connectivity index (χ1v) is 10.7. The number of thioether (sulfide) groups is 1. The first kappa shape index (κ1) is 21.4. The summed E-state index contributed by atoms with van der Waals surface area (Å²) in [6.07, 6.45) is 2.72. The molecule has 158 valence electrons. The van der Waals surface area contributed by atoms with Crippen molar-refractivity contribution in [2.45, 2.75) is 29.0 Å². The molecule has 2 aromatic carbocycles. The number of cyclic esters (lactones) is 2. The van der Waals surface area contributed by atoms with Crippen LogP contribution in [0.3, 0.4) is 0 Å². The van der Waals surface area contributed by atoms with Crippen molar-refractivity contribution in [3.8, 4) is 11.1 Å². The molecule has 3 aromatic rings. The maximum atomic E-state index is 11.8. The quantitative estimate of drug-likeness (QED) is 0.421. The number of hydrogen-bond acceptors (Lipinski definition) is 7. The summed E-state index contributed by atoms with van der Waals surface area (Å²) >= 11 is 7.41. The SMILES string of the molecule is O=C1OC(Sc2ccc(-c3ccccc3)c(Cl)c2)([C@H](O)CCc2cccnc2)OC1=O. The van der Waals surface area contributed by atoms with E-state index < -0.39 is 23.2 Å². The lowest BCUT2D eigenvalue weighted by Gasteiger charge is -2.29. The number of carbonyl (C=O) groups excluding carboxylic acids is 2. The van der Waals surface area contributed by atoms with Gasteiger partial charge in [-0.1, -0.05) is 54.1 Å². The molecule has 8 heteroatoms. The fraction of sp³-hybridized carbons (Fsp3) is 0.174. The third-order valence-corrected chi connectivity index (χ3v) is 6.28. The highest BCUT2D eigenvalue weighted by Gasteiger charge is 2.54. The van der Waals surface area contributed by atoms with E-state index in [1.807, 2.05) is 42.5 Å². The van der Waals surface area contributed by atoms with Crippen molar-refractivity contribution in [2.24, 2.45) is 0 Å². The van der Waals surface area contributed by atoms with Gasteiger partial charge in [0.05, 0.1) is 0 Å². The number of aliphatic hydroxyl groups excluding tert-OH is 1. The first-order chi connectivity index (χ1) is 15.0. The second-order valence-electron chi connectivity index (χ2n) is 6.91. The van der Waals surface area contributed by atoms with Gasteiger partial charge < -0.3 is 14.6 Å². The highest BCUT2D eigenvalue weighted by atomic mass is 35.5. The van der Waals surface area contributed by atoms with Crippen molar-refractivity contribution in [1.82, 2.24) is 4.98 Å². The lowest BCUT2D eigenvalue weighted by atomic mass is 10.1. The standard InChI is InChI=1S/C23H18ClNO5S/c24-19-13-17(9-10-18(19)16-6-2-1-3-7-16)31-23(29-21(27)22(28)30-23)20(26)11-8-15-5-4-12-25-14-15/h1-7,9-10,12-14,20,26H,8,11H2/t20-/m1/s1. The maximum absolute atomic E-state index is 11.8. The molecule has 31 heavy (non-hydrogen) atoms. The van der Waals surface area contributed by atoms with Crippen molar-refractivity contribution in [2.75, 3.05) is 0 Å². The zero-order valence-corrected chi connectivity index (χ0v) is 17.8. The van der Waals surface area contributed by atoms with Gasteiger partial charge in [0.15, 0.2) is 0 Å². The van der Waals surface area contributed by atoms with Gasteiger partial charge in [0.25, 0.3) is 0 Å². The van der Waals surface area contributed by atoms with Crippen molar-refractivity contribution < 1.29 is 24.2 Å². The van der Waals surface area contributed by atoms with Gasteiger partial charge in [-0.3, -0.25) is 4.98 Å². The molecule has 1 atom stereocenters. The Balaban J connectivity index is 1.56. The summed E-state index contributed by atoms with van der Waals surface area (Å²) < 4.78 is 10.4. The van der Waals surface area contributed by atoms with E-state index in [0.717, 1.165) is 28.5 Å². The van der Waals surface area contributed by atoms with Gasteiger partial charge in [-0.15, -0.1) is 0 Å². The molecular weight excluding hydrogens is 438 g/mol. The fourth-order valence-electron chi connectivity index (χ4n) is 3.21. The number of esters is 2. The van der Waals surface area contributed by atoms with Crippen molar-refractivity contribution in [1.29, 1.82) is 0 Å². The molecule has 0 amide bonds. The molecule has 1 fully saturated rings. The zero-order valence-electron chi connectivity index (χ0n) is 16.2. The Bertz CT molecular complexity index is 1080. The Morgan fingerprint density at radius 1 is 1.03 bits per heavy atom. The minimum absolute atomic E-state index is 0.190. The van der Waals surface area contributed by atoms with Crippen LogP contribution in [0.2, 0.25) is 5.02 Å². The van der Waals surface area contributed by atoms with Crippen molar-refractivity contribution >= 4 is 35.3 Å². The van der Waals surface area contributed by atoms with Crippen molar-refractivity contribution in [3.05, 3.63) is 83.6 Å². The summed E-state index contributed by atoms with van der Waals surface area (Å²) in [5.41, 5.74) is 2.68. The predicted molar refractivity (Wildman–Crippen MR) is 116 cm³/mol. The summed E-state index contributed by atoms with van der Waals surface area (Å²) in [7, 11) is 0. The topological polar surface area (TPSA) is 85.7 Å².